The molecule has 4 aromatic heterocycles. The van der Waals surface area contributed by atoms with Gasteiger partial charge in [0.05, 0.1) is 16.1 Å². The molecule has 0 spiro atoms. The predicted molar refractivity (Wildman–Crippen MR) is 101 cm³/mol. The third-order valence-corrected chi connectivity index (χ3v) is 5.06. The first-order valence-corrected chi connectivity index (χ1v) is 8.89. The lowest BCUT2D eigenvalue weighted by atomic mass is 10.1. The zero-order valence-electron chi connectivity index (χ0n) is 13.9. The average molecular weight is 348 g/mol. The van der Waals surface area contributed by atoms with Gasteiger partial charge < -0.3 is 0 Å². The van der Waals surface area contributed by atoms with E-state index >= 15 is 0 Å². The fourth-order valence-electron chi connectivity index (χ4n) is 2.85. The Hall–Kier alpha value is -2.86. The Morgan fingerprint density at radius 1 is 0.960 bits per heavy atom. The summed E-state index contributed by atoms with van der Waals surface area (Å²) in [5, 5.41) is 7.39. The van der Waals surface area contributed by atoms with E-state index in [1.807, 2.05) is 43.5 Å². The molecule has 0 aromatic carbocycles. The van der Waals surface area contributed by atoms with Crippen LogP contribution in [0.1, 0.15) is 19.9 Å². The molecule has 0 bridgehead atoms. The first kappa shape index (κ1) is 15.7. The van der Waals surface area contributed by atoms with Crippen LogP contribution in [0, 0.1) is 0 Å². The zero-order valence-corrected chi connectivity index (χ0v) is 14.7. The van der Waals surface area contributed by atoms with E-state index in [1.165, 1.54) is 0 Å². The van der Waals surface area contributed by atoms with Gasteiger partial charge >= 0.3 is 0 Å². The Labute approximate surface area is 148 Å². The molecule has 0 aliphatic heterocycles. The molecule has 4 aromatic rings. The number of fused-ring (bicyclic) bond motifs is 1. The minimum atomic E-state index is -0.0594. The second-order valence-electron chi connectivity index (χ2n) is 6.02. The van der Waals surface area contributed by atoms with E-state index in [0.29, 0.717) is 5.39 Å². The van der Waals surface area contributed by atoms with Crippen LogP contribution in [0.4, 0.5) is 0 Å². The van der Waals surface area contributed by atoms with Crippen molar-refractivity contribution in [1.29, 1.82) is 0 Å². The topological polar surface area (TPSA) is 60.7 Å². The summed E-state index contributed by atoms with van der Waals surface area (Å²) in [5.41, 5.74) is 3.63. The highest BCUT2D eigenvalue weighted by atomic mass is 32.1. The summed E-state index contributed by atoms with van der Waals surface area (Å²) in [6, 6.07) is 7.66. The van der Waals surface area contributed by atoms with Crippen molar-refractivity contribution in [2.75, 3.05) is 0 Å². The minimum Gasteiger partial charge on any atom is -0.267 e. The van der Waals surface area contributed by atoms with Gasteiger partial charge in [0.15, 0.2) is 0 Å². The zero-order chi connectivity index (χ0) is 17.4. The molecule has 6 heteroatoms. The van der Waals surface area contributed by atoms with Gasteiger partial charge in [0.1, 0.15) is 5.69 Å². The maximum atomic E-state index is 13.1. The number of thiophene rings is 1. The molecular formula is C19H16N4OS. The molecule has 0 fully saturated rings. The number of nitrogens with zero attached hydrogens (tertiary/aromatic N) is 4. The summed E-state index contributed by atoms with van der Waals surface area (Å²) in [6.45, 7) is 3.93. The lowest BCUT2D eigenvalue weighted by Gasteiger charge is -2.12. The summed E-state index contributed by atoms with van der Waals surface area (Å²) in [6.07, 6.45) is 6.96. The van der Waals surface area contributed by atoms with E-state index in [-0.39, 0.29) is 11.6 Å². The summed E-state index contributed by atoms with van der Waals surface area (Å²) >= 11 is 1.55. The van der Waals surface area contributed by atoms with Gasteiger partial charge in [-0.2, -0.15) is 5.10 Å². The SMILES string of the molecule is CC(C)n1nc(-c2ccncc2)c2scc(-c3ccncc3)c2c1=O. The maximum Gasteiger partial charge on any atom is 0.276 e. The lowest BCUT2D eigenvalue weighted by molar-refractivity contribution is 0.510. The predicted octanol–water partition coefficient (Wildman–Crippen LogP) is 4.16. The van der Waals surface area contributed by atoms with Crippen molar-refractivity contribution in [1.82, 2.24) is 19.7 Å². The molecule has 0 radical (unpaired) electrons. The Kier molecular flexibility index (Phi) is 3.89. The van der Waals surface area contributed by atoms with E-state index in [1.54, 1.807) is 40.8 Å². The molecule has 0 saturated carbocycles. The van der Waals surface area contributed by atoms with E-state index in [0.717, 1.165) is 27.1 Å². The van der Waals surface area contributed by atoms with Gasteiger partial charge in [-0.3, -0.25) is 14.8 Å². The average Bonchev–Trinajstić information content (AvgIpc) is 3.09. The van der Waals surface area contributed by atoms with Crippen LogP contribution in [-0.2, 0) is 0 Å². The number of aromatic nitrogens is 4. The molecule has 5 nitrogen and oxygen atoms in total. The molecule has 0 saturated heterocycles. The Balaban J connectivity index is 2.10. The van der Waals surface area contributed by atoms with Crippen molar-refractivity contribution in [3.05, 3.63) is 64.8 Å². The number of pyridine rings is 2. The third-order valence-electron chi connectivity index (χ3n) is 4.07. The second-order valence-corrected chi connectivity index (χ2v) is 6.90. The van der Waals surface area contributed by atoms with Crippen molar-refractivity contribution >= 4 is 21.4 Å². The van der Waals surface area contributed by atoms with Crippen LogP contribution in [0.2, 0.25) is 0 Å². The highest BCUT2D eigenvalue weighted by Gasteiger charge is 2.19. The fourth-order valence-corrected chi connectivity index (χ4v) is 3.93. The van der Waals surface area contributed by atoms with Gasteiger partial charge in [-0.15, -0.1) is 11.3 Å². The summed E-state index contributed by atoms with van der Waals surface area (Å²) < 4.78 is 2.47. The van der Waals surface area contributed by atoms with Gasteiger partial charge in [-0.1, -0.05) is 0 Å². The number of hydrogen-bond acceptors (Lipinski definition) is 5. The molecule has 25 heavy (non-hydrogen) atoms. The lowest BCUT2D eigenvalue weighted by Crippen LogP contribution is -2.25. The molecule has 0 aliphatic rings. The van der Waals surface area contributed by atoms with Crippen molar-refractivity contribution in [2.45, 2.75) is 19.9 Å². The van der Waals surface area contributed by atoms with E-state index < -0.39 is 0 Å². The van der Waals surface area contributed by atoms with Gasteiger partial charge in [-0.05, 0) is 43.7 Å². The van der Waals surface area contributed by atoms with E-state index in [9.17, 15) is 4.79 Å². The van der Waals surface area contributed by atoms with Crippen LogP contribution in [0.25, 0.3) is 32.5 Å². The summed E-state index contributed by atoms with van der Waals surface area (Å²) in [5.74, 6) is 0. The largest absolute Gasteiger partial charge is 0.276 e. The molecular weight excluding hydrogens is 332 g/mol. The first-order valence-electron chi connectivity index (χ1n) is 8.01. The van der Waals surface area contributed by atoms with Crippen LogP contribution >= 0.6 is 11.3 Å². The quantitative estimate of drug-likeness (QED) is 0.558. The highest BCUT2D eigenvalue weighted by molar-refractivity contribution is 7.18. The van der Waals surface area contributed by atoms with E-state index in [2.05, 4.69) is 15.1 Å². The molecule has 0 N–H and O–H groups in total. The summed E-state index contributed by atoms with van der Waals surface area (Å²) in [7, 11) is 0. The van der Waals surface area contributed by atoms with Gasteiger partial charge in [0.2, 0.25) is 0 Å². The molecule has 4 rings (SSSR count). The van der Waals surface area contributed by atoms with Crippen LogP contribution in [0.15, 0.2) is 59.2 Å². The molecule has 4 heterocycles. The normalized spacial score (nSPS) is 11.3. The van der Waals surface area contributed by atoms with Crippen molar-refractivity contribution < 1.29 is 0 Å². The molecule has 0 amide bonds. The van der Waals surface area contributed by atoms with Gasteiger partial charge in [0, 0.05) is 41.3 Å². The van der Waals surface area contributed by atoms with Crippen LogP contribution in [-0.4, -0.2) is 19.7 Å². The van der Waals surface area contributed by atoms with E-state index in [4.69, 9.17) is 0 Å². The monoisotopic (exact) mass is 348 g/mol. The van der Waals surface area contributed by atoms with Crippen molar-refractivity contribution in [2.24, 2.45) is 0 Å². The highest BCUT2D eigenvalue weighted by Crippen LogP contribution is 2.36. The fraction of sp³-hybridized carbons (Fsp3) is 0.158. The van der Waals surface area contributed by atoms with Crippen LogP contribution in [0.3, 0.4) is 0 Å². The van der Waals surface area contributed by atoms with Gasteiger partial charge in [-0.25, -0.2) is 4.68 Å². The Bertz CT molecular complexity index is 1090. The van der Waals surface area contributed by atoms with Crippen molar-refractivity contribution in [3.63, 3.8) is 0 Å². The van der Waals surface area contributed by atoms with Crippen LogP contribution < -0.4 is 5.56 Å². The smallest absolute Gasteiger partial charge is 0.267 e. The minimum absolute atomic E-state index is 0.0253. The third kappa shape index (κ3) is 2.64. The molecule has 0 unspecified atom stereocenters. The first-order chi connectivity index (χ1) is 12.2. The molecule has 0 aliphatic carbocycles. The second kappa shape index (κ2) is 6.22. The van der Waals surface area contributed by atoms with Crippen molar-refractivity contribution in [3.8, 4) is 22.4 Å². The Morgan fingerprint density at radius 3 is 2.16 bits per heavy atom. The molecule has 0 atom stereocenters. The summed E-state index contributed by atoms with van der Waals surface area (Å²) in [4.78, 5) is 21.2. The van der Waals surface area contributed by atoms with Gasteiger partial charge in [0.25, 0.3) is 5.56 Å². The standard InChI is InChI=1S/C19H16N4OS/c1-12(2)23-19(24)16-15(13-3-7-20-8-4-13)11-25-18(16)17(22-23)14-5-9-21-10-6-14/h3-12H,1-2H3. The molecule has 124 valence electrons. The Morgan fingerprint density at radius 2 is 1.56 bits per heavy atom. The maximum absolute atomic E-state index is 13.1. The van der Waals surface area contributed by atoms with Crippen LogP contribution in [0.5, 0.6) is 0 Å². The number of hydrogen-bond donors (Lipinski definition) is 0. The number of rotatable bonds is 3.